The van der Waals surface area contributed by atoms with E-state index < -0.39 is 0 Å². The van der Waals surface area contributed by atoms with Crippen LogP contribution >= 0.6 is 0 Å². The molecule has 0 bridgehead atoms. The molecule has 0 saturated heterocycles. The van der Waals surface area contributed by atoms with Gasteiger partial charge in [-0.3, -0.25) is 4.79 Å². The van der Waals surface area contributed by atoms with Crippen LogP contribution in [0.3, 0.4) is 0 Å². The van der Waals surface area contributed by atoms with Gasteiger partial charge in [0.25, 0.3) is 0 Å². The van der Waals surface area contributed by atoms with Crippen LogP contribution in [0, 0.1) is 0 Å². The molecule has 24 heavy (non-hydrogen) atoms. The third-order valence-electron chi connectivity index (χ3n) is 3.52. The first kappa shape index (κ1) is 17.9. The lowest BCUT2D eigenvalue weighted by atomic mass is 10.1. The molecule has 0 aromatic heterocycles. The quantitative estimate of drug-likeness (QED) is 0.740. The summed E-state index contributed by atoms with van der Waals surface area (Å²) in [6.45, 7) is 5.26. The molecule has 0 heterocycles. The van der Waals surface area contributed by atoms with Gasteiger partial charge in [0.1, 0.15) is 11.5 Å². The first-order valence-electron chi connectivity index (χ1n) is 8.47. The van der Waals surface area contributed by atoms with Gasteiger partial charge in [0.15, 0.2) is 0 Å². The minimum Gasteiger partial charge on any atom is -0.494 e. The second-order valence-electron chi connectivity index (χ2n) is 5.43. The summed E-state index contributed by atoms with van der Waals surface area (Å²) in [5.74, 6) is 1.52. The Balaban J connectivity index is 1.95. The predicted molar refractivity (Wildman–Crippen MR) is 96.8 cm³/mol. The van der Waals surface area contributed by atoms with Gasteiger partial charge in [0.05, 0.1) is 18.9 Å². The molecule has 1 amide bonds. The van der Waals surface area contributed by atoms with E-state index in [9.17, 15) is 4.79 Å². The van der Waals surface area contributed by atoms with Crippen LogP contribution in [0.5, 0.6) is 11.5 Å². The summed E-state index contributed by atoms with van der Waals surface area (Å²) in [4.78, 5) is 12.3. The van der Waals surface area contributed by atoms with Gasteiger partial charge < -0.3 is 14.8 Å². The summed E-state index contributed by atoms with van der Waals surface area (Å²) in [7, 11) is 0. The van der Waals surface area contributed by atoms with Gasteiger partial charge in [-0.25, -0.2) is 0 Å². The summed E-state index contributed by atoms with van der Waals surface area (Å²) in [5.41, 5.74) is 1.76. The Morgan fingerprint density at radius 2 is 1.67 bits per heavy atom. The standard InChI is InChI=1S/C20H25NO3/c1-3-15-24-19-12-8-6-10-17(19)21-20(22)14-13-16-9-5-7-11-18(16)23-4-2/h5-12H,3-4,13-15H2,1-2H3,(H,21,22). The Morgan fingerprint density at radius 1 is 0.958 bits per heavy atom. The largest absolute Gasteiger partial charge is 0.494 e. The number of carbonyl (C=O) groups is 1. The van der Waals surface area contributed by atoms with Crippen molar-refractivity contribution in [2.45, 2.75) is 33.1 Å². The second-order valence-corrected chi connectivity index (χ2v) is 5.43. The van der Waals surface area contributed by atoms with Crippen molar-refractivity contribution in [3.63, 3.8) is 0 Å². The lowest BCUT2D eigenvalue weighted by Gasteiger charge is -2.13. The highest BCUT2D eigenvalue weighted by Gasteiger charge is 2.09. The first-order valence-corrected chi connectivity index (χ1v) is 8.47. The van der Waals surface area contributed by atoms with Crippen LogP contribution in [-0.4, -0.2) is 19.1 Å². The highest BCUT2D eigenvalue weighted by molar-refractivity contribution is 5.92. The lowest BCUT2D eigenvalue weighted by Crippen LogP contribution is -2.13. The Labute approximate surface area is 143 Å². The van der Waals surface area contributed by atoms with Crippen molar-refractivity contribution in [1.29, 1.82) is 0 Å². The zero-order valence-corrected chi connectivity index (χ0v) is 14.4. The molecule has 0 saturated carbocycles. The molecule has 0 unspecified atom stereocenters. The molecule has 0 aliphatic heterocycles. The molecule has 128 valence electrons. The van der Waals surface area contributed by atoms with E-state index in [4.69, 9.17) is 9.47 Å². The number of amides is 1. The number of anilines is 1. The van der Waals surface area contributed by atoms with Gasteiger partial charge in [-0.1, -0.05) is 37.3 Å². The molecule has 0 aliphatic rings. The highest BCUT2D eigenvalue weighted by atomic mass is 16.5. The van der Waals surface area contributed by atoms with E-state index >= 15 is 0 Å². The molecule has 0 atom stereocenters. The van der Waals surface area contributed by atoms with Gasteiger partial charge in [-0.05, 0) is 43.5 Å². The summed E-state index contributed by atoms with van der Waals surface area (Å²) < 4.78 is 11.3. The smallest absolute Gasteiger partial charge is 0.224 e. The van der Waals surface area contributed by atoms with E-state index in [0.717, 1.165) is 17.7 Å². The number of hydrogen-bond donors (Lipinski definition) is 1. The number of nitrogens with one attached hydrogen (secondary N) is 1. The van der Waals surface area contributed by atoms with E-state index in [-0.39, 0.29) is 5.91 Å². The van der Waals surface area contributed by atoms with Crippen LogP contribution in [0.4, 0.5) is 5.69 Å². The van der Waals surface area contributed by atoms with Gasteiger partial charge in [-0.2, -0.15) is 0 Å². The Morgan fingerprint density at radius 3 is 2.42 bits per heavy atom. The van der Waals surface area contributed by atoms with Crippen LogP contribution < -0.4 is 14.8 Å². The molecule has 0 radical (unpaired) electrons. The van der Waals surface area contributed by atoms with Crippen molar-refractivity contribution >= 4 is 11.6 Å². The monoisotopic (exact) mass is 327 g/mol. The van der Waals surface area contributed by atoms with Crippen LogP contribution in [-0.2, 0) is 11.2 Å². The van der Waals surface area contributed by atoms with Gasteiger partial charge in [0.2, 0.25) is 5.91 Å². The van der Waals surface area contributed by atoms with Crippen LogP contribution in [0.1, 0.15) is 32.3 Å². The van der Waals surface area contributed by atoms with Crippen molar-refractivity contribution in [1.82, 2.24) is 0 Å². The Kier molecular flexibility index (Phi) is 7.15. The topological polar surface area (TPSA) is 47.6 Å². The number of aryl methyl sites for hydroxylation is 1. The van der Waals surface area contributed by atoms with Crippen molar-refractivity contribution < 1.29 is 14.3 Å². The van der Waals surface area contributed by atoms with E-state index in [1.807, 2.05) is 55.5 Å². The third-order valence-corrected chi connectivity index (χ3v) is 3.52. The lowest BCUT2D eigenvalue weighted by molar-refractivity contribution is -0.116. The summed E-state index contributed by atoms with van der Waals surface area (Å²) in [6, 6.07) is 15.4. The second kappa shape index (κ2) is 9.60. The van der Waals surface area contributed by atoms with Crippen molar-refractivity contribution in [2.75, 3.05) is 18.5 Å². The summed E-state index contributed by atoms with van der Waals surface area (Å²) >= 11 is 0. The Hall–Kier alpha value is -2.49. The molecule has 1 N–H and O–H groups in total. The van der Waals surface area contributed by atoms with E-state index in [0.29, 0.717) is 37.5 Å². The summed E-state index contributed by atoms with van der Waals surface area (Å²) in [6.07, 6.45) is 1.96. The summed E-state index contributed by atoms with van der Waals surface area (Å²) in [5, 5.41) is 2.94. The van der Waals surface area contributed by atoms with E-state index in [1.54, 1.807) is 0 Å². The van der Waals surface area contributed by atoms with Crippen LogP contribution in [0.15, 0.2) is 48.5 Å². The third kappa shape index (κ3) is 5.30. The molecule has 4 nitrogen and oxygen atoms in total. The molecular formula is C20H25NO3. The average molecular weight is 327 g/mol. The minimum absolute atomic E-state index is 0.0335. The zero-order valence-electron chi connectivity index (χ0n) is 14.4. The number of para-hydroxylation sites is 3. The number of benzene rings is 2. The van der Waals surface area contributed by atoms with Crippen LogP contribution in [0.25, 0.3) is 0 Å². The van der Waals surface area contributed by atoms with Crippen molar-refractivity contribution in [3.8, 4) is 11.5 Å². The normalized spacial score (nSPS) is 10.2. The van der Waals surface area contributed by atoms with Crippen molar-refractivity contribution in [2.24, 2.45) is 0 Å². The maximum Gasteiger partial charge on any atom is 0.224 e. The van der Waals surface area contributed by atoms with E-state index in [1.165, 1.54) is 0 Å². The maximum absolute atomic E-state index is 12.3. The molecule has 2 aromatic carbocycles. The fourth-order valence-electron chi connectivity index (χ4n) is 2.38. The predicted octanol–water partition coefficient (Wildman–Crippen LogP) is 4.45. The molecule has 0 aliphatic carbocycles. The molecule has 2 aromatic rings. The molecule has 0 spiro atoms. The SMILES string of the molecule is CCCOc1ccccc1NC(=O)CCc1ccccc1OCC. The Bertz CT molecular complexity index is 655. The molecular weight excluding hydrogens is 302 g/mol. The van der Waals surface area contributed by atoms with Crippen LogP contribution in [0.2, 0.25) is 0 Å². The van der Waals surface area contributed by atoms with Gasteiger partial charge in [0, 0.05) is 6.42 Å². The maximum atomic E-state index is 12.3. The number of rotatable bonds is 9. The molecule has 4 heteroatoms. The molecule has 0 fully saturated rings. The first-order chi connectivity index (χ1) is 11.7. The van der Waals surface area contributed by atoms with E-state index in [2.05, 4.69) is 12.2 Å². The molecule has 2 rings (SSSR count). The highest BCUT2D eigenvalue weighted by Crippen LogP contribution is 2.25. The zero-order chi connectivity index (χ0) is 17.2. The van der Waals surface area contributed by atoms with Crippen molar-refractivity contribution in [3.05, 3.63) is 54.1 Å². The minimum atomic E-state index is -0.0335. The number of hydrogen-bond acceptors (Lipinski definition) is 3. The fraction of sp³-hybridized carbons (Fsp3) is 0.350. The average Bonchev–Trinajstić information content (AvgIpc) is 2.60. The van der Waals surface area contributed by atoms with Gasteiger partial charge >= 0.3 is 0 Å². The number of ether oxygens (including phenoxy) is 2. The fourth-order valence-corrected chi connectivity index (χ4v) is 2.38. The van der Waals surface area contributed by atoms with Gasteiger partial charge in [-0.15, -0.1) is 0 Å². The number of carbonyl (C=O) groups excluding carboxylic acids is 1.